The minimum atomic E-state index is -4.63. The maximum Gasteiger partial charge on any atom is 0.419 e. The molecule has 0 aliphatic carbocycles. The molecule has 0 amide bonds. The third-order valence-electron chi connectivity index (χ3n) is 2.54. The number of aromatic hydroxyl groups is 2. The largest absolute Gasteiger partial charge is 0.507 e. The van der Waals surface area contributed by atoms with Gasteiger partial charge < -0.3 is 10.2 Å². The molecule has 2 aromatic rings. The van der Waals surface area contributed by atoms with Gasteiger partial charge in [0.2, 0.25) is 0 Å². The molecule has 5 heteroatoms. The minimum Gasteiger partial charge on any atom is -0.507 e. The summed E-state index contributed by atoms with van der Waals surface area (Å²) in [6, 6.07) is 9.18. The highest BCUT2D eigenvalue weighted by atomic mass is 19.4. The first kappa shape index (κ1) is 12.3. The van der Waals surface area contributed by atoms with Crippen LogP contribution in [0.5, 0.6) is 11.5 Å². The summed E-state index contributed by atoms with van der Waals surface area (Å²) < 4.78 is 37.9. The molecule has 0 bridgehead atoms. The first-order chi connectivity index (χ1) is 8.41. The average molecular weight is 254 g/mol. The fourth-order valence-corrected chi connectivity index (χ4v) is 1.69. The van der Waals surface area contributed by atoms with Gasteiger partial charge in [-0.15, -0.1) is 0 Å². The van der Waals surface area contributed by atoms with Crippen LogP contribution in [-0.2, 0) is 6.18 Å². The Labute approximate surface area is 101 Å². The predicted octanol–water partition coefficient (Wildman–Crippen LogP) is 3.78. The lowest BCUT2D eigenvalue weighted by atomic mass is 10.0. The number of para-hydroxylation sites is 2. The van der Waals surface area contributed by atoms with Gasteiger partial charge in [-0.05, 0) is 12.1 Å². The van der Waals surface area contributed by atoms with Gasteiger partial charge in [-0.25, -0.2) is 0 Å². The Morgan fingerprint density at radius 1 is 0.778 bits per heavy atom. The number of alkyl halides is 3. The lowest BCUT2D eigenvalue weighted by Gasteiger charge is -2.13. The van der Waals surface area contributed by atoms with Crippen molar-refractivity contribution in [1.29, 1.82) is 0 Å². The van der Waals surface area contributed by atoms with Gasteiger partial charge in [0.15, 0.2) is 0 Å². The van der Waals surface area contributed by atoms with Crippen molar-refractivity contribution in [2.75, 3.05) is 0 Å². The summed E-state index contributed by atoms with van der Waals surface area (Å²) in [5.41, 5.74) is -1.02. The van der Waals surface area contributed by atoms with Crippen LogP contribution in [0.15, 0.2) is 42.5 Å². The van der Waals surface area contributed by atoms with Crippen molar-refractivity contribution in [1.82, 2.24) is 0 Å². The Balaban J connectivity index is 2.64. The summed E-state index contributed by atoms with van der Waals surface area (Å²) in [5, 5.41) is 19.3. The van der Waals surface area contributed by atoms with Crippen molar-refractivity contribution in [2.24, 2.45) is 0 Å². The van der Waals surface area contributed by atoms with Crippen LogP contribution in [0.2, 0.25) is 0 Å². The summed E-state index contributed by atoms with van der Waals surface area (Å²) in [5.74, 6) is -1.07. The van der Waals surface area contributed by atoms with Crippen LogP contribution in [0.3, 0.4) is 0 Å². The van der Waals surface area contributed by atoms with Crippen LogP contribution in [-0.4, -0.2) is 10.2 Å². The van der Waals surface area contributed by atoms with Crippen LogP contribution in [0, 0.1) is 0 Å². The van der Waals surface area contributed by atoms with E-state index in [1.54, 1.807) is 12.1 Å². The highest BCUT2D eigenvalue weighted by molar-refractivity contribution is 5.76. The van der Waals surface area contributed by atoms with Gasteiger partial charge in [-0.1, -0.05) is 30.3 Å². The highest BCUT2D eigenvalue weighted by Gasteiger charge is 2.34. The molecule has 0 saturated carbocycles. The molecule has 0 aromatic heterocycles. The average Bonchev–Trinajstić information content (AvgIpc) is 2.29. The molecule has 0 unspecified atom stereocenters. The summed E-state index contributed by atoms with van der Waals surface area (Å²) in [7, 11) is 0. The van der Waals surface area contributed by atoms with E-state index in [2.05, 4.69) is 0 Å². The van der Waals surface area contributed by atoms with Crippen LogP contribution in [0.1, 0.15) is 5.56 Å². The number of hydrogen-bond acceptors (Lipinski definition) is 2. The minimum absolute atomic E-state index is 0.0528. The molecule has 0 fully saturated rings. The maximum atomic E-state index is 12.6. The molecule has 0 aliphatic rings. The van der Waals surface area contributed by atoms with E-state index in [1.807, 2.05) is 0 Å². The van der Waals surface area contributed by atoms with Crippen molar-refractivity contribution >= 4 is 0 Å². The molecule has 0 heterocycles. The van der Waals surface area contributed by atoms with E-state index >= 15 is 0 Å². The molecule has 2 rings (SSSR count). The Morgan fingerprint density at radius 2 is 1.39 bits per heavy atom. The second kappa shape index (κ2) is 4.25. The number of halogens is 3. The predicted molar refractivity (Wildman–Crippen MR) is 60.2 cm³/mol. The third kappa shape index (κ3) is 2.11. The fraction of sp³-hybridized carbons (Fsp3) is 0.0769. The zero-order valence-corrected chi connectivity index (χ0v) is 9.07. The van der Waals surface area contributed by atoms with E-state index in [0.29, 0.717) is 0 Å². The van der Waals surface area contributed by atoms with Gasteiger partial charge in [0.05, 0.1) is 5.56 Å². The molecular weight excluding hydrogens is 245 g/mol. The lowest BCUT2D eigenvalue weighted by molar-refractivity contribution is -0.138. The summed E-state index contributed by atoms with van der Waals surface area (Å²) in [4.78, 5) is 0. The second-order valence-corrected chi connectivity index (χ2v) is 3.72. The van der Waals surface area contributed by atoms with Gasteiger partial charge in [-0.2, -0.15) is 13.2 Å². The summed E-state index contributed by atoms with van der Waals surface area (Å²) in [6.07, 6.45) is -4.63. The molecule has 0 radical (unpaired) electrons. The van der Waals surface area contributed by atoms with Crippen molar-refractivity contribution in [2.45, 2.75) is 6.18 Å². The molecular formula is C13H9F3O2. The number of phenols is 2. The van der Waals surface area contributed by atoms with Gasteiger partial charge in [0.25, 0.3) is 0 Å². The molecule has 2 N–H and O–H groups in total. The van der Waals surface area contributed by atoms with Crippen LogP contribution < -0.4 is 0 Å². The van der Waals surface area contributed by atoms with E-state index in [4.69, 9.17) is 0 Å². The monoisotopic (exact) mass is 254 g/mol. The van der Waals surface area contributed by atoms with Crippen LogP contribution in [0.25, 0.3) is 11.1 Å². The Kier molecular flexibility index (Phi) is 2.90. The first-order valence-electron chi connectivity index (χ1n) is 5.09. The summed E-state index contributed by atoms with van der Waals surface area (Å²) in [6.45, 7) is 0. The molecule has 94 valence electrons. The molecule has 0 aliphatic heterocycles. The van der Waals surface area contributed by atoms with Crippen LogP contribution in [0.4, 0.5) is 13.2 Å². The molecule has 0 atom stereocenters. The van der Waals surface area contributed by atoms with Gasteiger partial charge in [0, 0.05) is 11.1 Å². The molecule has 18 heavy (non-hydrogen) atoms. The summed E-state index contributed by atoms with van der Waals surface area (Å²) >= 11 is 0. The zero-order chi connectivity index (χ0) is 13.3. The van der Waals surface area contributed by atoms with Crippen LogP contribution >= 0.6 is 0 Å². The fourth-order valence-electron chi connectivity index (χ4n) is 1.69. The first-order valence-corrected chi connectivity index (χ1v) is 5.09. The standard InChI is InChI=1S/C13H9F3O2/c14-13(15,16)10-6-3-5-9(12(10)18)8-4-1-2-7-11(8)17/h1-7,17-18H. The Bertz CT molecular complexity index is 577. The number of rotatable bonds is 1. The van der Waals surface area contributed by atoms with E-state index in [0.717, 1.165) is 6.07 Å². The molecule has 2 nitrogen and oxygen atoms in total. The highest BCUT2D eigenvalue weighted by Crippen LogP contribution is 2.42. The van der Waals surface area contributed by atoms with E-state index < -0.39 is 17.5 Å². The second-order valence-electron chi connectivity index (χ2n) is 3.72. The van der Waals surface area contributed by atoms with Gasteiger partial charge in [-0.3, -0.25) is 0 Å². The normalized spacial score (nSPS) is 11.5. The third-order valence-corrected chi connectivity index (χ3v) is 2.54. The topological polar surface area (TPSA) is 40.5 Å². The number of phenolic OH excluding ortho intramolecular Hbond substituents is 2. The Morgan fingerprint density at radius 3 is 2.00 bits per heavy atom. The van der Waals surface area contributed by atoms with Gasteiger partial charge in [0.1, 0.15) is 11.5 Å². The van der Waals surface area contributed by atoms with Gasteiger partial charge >= 0.3 is 6.18 Å². The van der Waals surface area contributed by atoms with Crippen molar-refractivity contribution in [3.05, 3.63) is 48.0 Å². The molecule has 0 spiro atoms. The lowest BCUT2D eigenvalue weighted by Crippen LogP contribution is -2.05. The number of hydrogen-bond donors (Lipinski definition) is 2. The van der Waals surface area contributed by atoms with Crippen molar-refractivity contribution in [3.8, 4) is 22.6 Å². The molecule has 2 aromatic carbocycles. The van der Waals surface area contributed by atoms with E-state index in [1.165, 1.54) is 24.3 Å². The Hall–Kier alpha value is -2.17. The van der Waals surface area contributed by atoms with Crippen molar-refractivity contribution < 1.29 is 23.4 Å². The maximum absolute atomic E-state index is 12.6. The SMILES string of the molecule is Oc1ccccc1-c1cccc(C(F)(F)F)c1O. The number of benzene rings is 2. The molecule has 0 saturated heterocycles. The smallest absolute Gasteiger partial charge is 0.419 e. The van der Waals surface area contributed by atoms with E-state index in [-0.39, 0.29) is 16.9 Å². The van der Waals surface area contributed by atoms with E-state index in [9.17, 15) is 23.4 Å². The van der Waals surface area contributed by atoms with Crippen molar-refractivity contribution in [3.63, 3.8) is 0 Å². The zero-order valence-electron chi connectivity index (χ0n) is 9.07. The quantitative estimate of drug-likeness (QED) is 0.812.